The van der Waals surface area contributed by atoms with Crippen molar-refractivity contribution in [1.29, 1.82) is 0 Å². The molecule has 0 saturated carbocycles. The van der Waals surface area contributed by atoms with Crippen LogP contribution in [0.2, 0.25) is 5.02 Å². The largest absolute Gasteiger partial charge is 0.337 e. The zero-order chi connectivity index (χ0) is 20.2. The Morgan fingerprint density at radius 3 is 2.14 bits per heavy atom. The summed E-state index contributed by atoms with van der Waals surface area (Å²) >= 11 is 5.98. The van der Waals surface area contributed by atoms with E-state index in [0.717, 1.165) is 24.4 Å². The van der Waals surface area contributed by atoms with Gasteiger partial charge in [-0.3, -0.25) is 0 Å². The minimum atomic E-state index is -1.50. The summed E-state index contributed by atoms with van der Waals surface area (Å²) in [7, 11) is 0. The molecular weight excluding hydrogens is 378 g/mol. The van der Waals surface area contributed by atoms with E-state index >= 15 is 0 Å². The number of aromatic nitrogens is 2. The van der Waals surface area contributed by atoms with Gasteiger partial charge in [0.1, 0.15) is 0 Å². The van der Waals surface area contributed by atoms with Crippen LogP contribution in [0.15, 0.2) is 73.3 Å². The Bertz CT molecular complexity index is 805. The smallest absolute Gasteiger partial charge is 0.291 e. The summed E-state index contributed by atoms with van der Waals surface area (Å²) in [6, 6.07) is 19.0. The first-order chi connectivity index (χ1) is 13.5. The summed E-state index contributed by atoms with van der Waals surface area (Å²) in [4.78, 5) is 12.5. The summed E-state index contributed by atoms with van der Waals surface area (Å²) in [5.74, 6) is 0.634. The molecule has 0 saturated heterocycles. The highest BCUT2D eigenvalue weighted by atomic mass is 35.5. The van der Waals surface area contributed by atoms with E-state index in [-0.39, 0.29) is 0 Å². The zero-order valence-electron chi connectivity index (χ0n) is 15.5. The standard InChI is InChI=1S/C21H23ClN2.HNO3/c22-21-12-10-19(11-13-21)7-9-20(16-24-15-14-23-17-24)8-6-18-4-2-1-3-5-18;2-1(3)4/h1-5,10-15,17,20H,6-9,16H2;(H,2,3,4). The van der Waals surface area contributed by atoms with Crippen LogP contribution in [-0.2, 0) is 19.4 Å². The lowest BCUT2D eigenvalue weighted by Gasteiger charge is -2.18. The van der Waals surface area contributed by atoms with Crippen molar-refractivity contribution in [2.24, 2.45) is 5.92 Å². The first-order valence-electron chi connectivity index (χ1n) is 9.10. The molecule has 7 heteroatoms. The Hall–Kier alpha value is -2.86. The van der Waals surface area contributed by atoms with E-state index in [4.69, 9.17) is 26.9 Å². The summed E-state index contributed by atoms with van der Waals surface area (Å²) < 4.78 is 2.19. The second-order valence-electron chi connectivity index (χ2n) is 6.55. The molecule has 3 rings (SSSR count). The number of imidazole rings is 1. The topological polar surface area (TPSA) is 81.2 Å². The Morgan fingerprint density at radius 2 is 1.61 bits per heavy atom. The third kappa shape index (κ3) is 8.68. The van der Waals surface area contributed by atoms with Crippen molar-refractivity contribution in [3.8, 4) is 0 Å². The highest BCUT2D eigenvalue weighted by Crippen LogP contribution is 2.19. The predicted octanol–water partition coefficient (Wildman–Crippen LogP) is 5.07. The highest BCUT2D eigenvalue weighted by molar-refractivity contribution is 6.30. The molecule has 0 aliphatic heterocycles. The maximum atomic E-state index is 8.36. The fourth-order valence-electron chi connectivity index (χ4n) is 3.06. The minimum Gasteiger partial charge on any atom is -0.337 e. The lowest BCUT2D eigenvalue weighted by atomic mass is 9.93. The van der Waals surface area contributed by atoms with E-state index < -0.39 is 5.09 Å². The van der Waals surface area contributed by atoms with Gasteiger partial charge in [0.25, 0.3) is 5.09 Å². The van der Waals surface area contributed by atoms with E-state index in [9.17, 15) is 0 Å². The maximum Gasteiger partial charge on any atom is 0.291 e. The molecule has 0 fully saturated rings. The van der Waals surface area contributed by atoms with Crippen molar-refractivity contribution in [1.82, 2.24) is 9.55 Å². The number of rotatable bonds is 8. The van der Waals surface area contributed by atoms with Gasteiger partial charge in [-0.1, -0.05) is 54.1 Å². The minimum absolute atomic E-state index is 0.634. The van der Waals surface area contributed by atoms with Gasteiger partial charge in [0, 0.05) is 24.0 Å². The van der Waals surface area contributed by atoms with Crippen LogP contribution in [0.25, 0.3) is 0 Å². The molecule has 1 unspecified atom stereocenters. The number of nitrogens with zero attached hydrogens (tertiary/aromatic N) is 3. The Balaban J connectivity index is 0.000000640. The molecule has 2 aromatic carbocycles. The maximum absolute atomic E-state index is 8.36. The highest BCUT2D eigenvalue weighted by Gasteiger charge is 2.11. The number of halogens is 1. The normalized spacial score (nSPS) is 11.3. The van der Waals surface area contributed by atoms with E-state index in [1.807, 2.05) is 24.7 Å². The molecule has 1 aromatic heterocycles. The zero-order valence-corrected chi connectivity index (χ0v) is 16.3. The van der Waals surface area contributed by atoms with Crippen molar-refractivity contribution in [3.05, 3.63) is 99.6 Å². The molecule has 148 valence electrons. The van der Waals surface area contributed by atoms with Gasteiger partial charge in [-0.15, -0.1) is 10.1 Å². The van der Waals surface area contributed by atoms with E-state index in [0.29, 0.717) is 5.92 Å². The van der Waals surface area contributed by atoms with E-state index in [1.165, 1.54) is 24.0 Å². The van der Waals surface area contributed by atoms with Gasteiger partial charge in [-0.2, -0.15) is 0 Å². The second kappa shape index (κ2) is 11.8. The van der Waals surface area contributed by atoms with Gasteiger partial charge in [0.05, 0.1) is 6.33 Å². The Labute approximate surface area is 169 Å². The first kappa shape index (κ1) is 21.4. The average molecular weight is 402 g/mol. The summed E-state index contributed by atoms with van der Waals surface area (Å²) in [6.45, 7) is 1.03. The SMILES string of the molecule is Clc1ccc(CCC(CCc2ccccc2)Cn2ccnc2)cc1.O=[N+]([O-])O. The number of aryl methyl sites for hydroxylation is 2. The number of hydrogen-bond acceptors (Lipinski definition) is 3. The molecule has 0 aliphatic carbocycles. The van der Waals surface area contributed by atoms with Crippen molar-refractivity contribution in [2.75, 3.05) is 0 Å². The molecule has 1 heterocycles. The van der Waals surface area contributed by atoms with Crippen LogP contribution in [0, 0.1) is 16.0 Å². The average Bonchev–Trinajstić information content (AvgIpc) is 3.19. The molecular formula is C21H24ClN3O3. The third-order valence-electron chi connectivity index (χ3n) is 4.47. The monoisotopic (exact) mass is 401 g/mol. The quantitative estimate of drug-likeness (QED) is 0.422. The molecule has 0 amide bonds. The molecule has 28 heavy (non-hydrogen) atoms. The molecule has 1 N–H and O–H groups in total. The fraction of sp³-hybridized carbons (Fsp3) is 0.286. The van der Waals surface area contributed by atoms with Crippen molar-refractivity contribution < 1.29 is 10.3 Å². The van der Waals surface area contributed by atoms with Gasteiger partial charge in [0.2, 0.25) is 0 Å². The van der Waals surface area contributed by atoms with Crippen LogP contribution >= 0.6 is 11.6 Å². The van der Waals surface area contributed by atoms with Crippen molar-refractivity contribution in [3.63, 3.8) is 0 Å². The van der Waals surface area contributed by atoms with Crippen LogP contribution in [0.4, 0.5) is 0 Å². The number of benzene rings is 2. The predicted molar refractivity (Wildman–Crippen MR) is 109 cm³/mol. The van der Waals surface area contributed by atoms with Crippen LogP contribution < -0.4 is 0 Å². The van der Waals surface area contributed by atoms with Gasteiger partial charge < -0.3 is 9.77 Å². The van der Waals surface area contributed by atoms with Gasteiger partial charge in [-0.05, 0) is 54.9 Å². The van der Waals surface area contributed by atoms with Gasteiger partial charge in [0.15, 0.2) is 0 Å². The molecule has 6 nitrogen and oxygen atoms in total. The van der Waals surface area contributed by atoms with Crippen LogP contribution in [0.5, 0.6) is 0 Å². The van der Waals surface area contributed by atoms with Crippen LogP contribution in [-0.4, -0.2) is 19.8 Å². The first-order valence-corrected chi connectivity index (χ1v) is 9.48. The Morgan fingerprint density at radius 1 is 1.04 bits per heavy atom. The van der Waals surface area contributed by atoms with Crippen molar-refractivity contribution in [2.45, 2.75) is 32.2 Å². The molecule has 0 radical (unpaired) electrons. The van der Waals surface area contributed by atoms with Crippen LogP contribution in [0.3, 0.4) is 0 Å². The van der Waals surface area contributed by atoms with E-state index in [1.54, 1.807) is 0 Å². The lowest BCUT2D eigenvalue weighted by molar-refractivity contribution is -0.742. The molecule has 3 aromatic rings. The third-order valence-corrected chi connectivity index (χ3v) is 4.72. The molecule has 0 aliphatic rings. The molecule has 1 atom stereocenters. The van der Waals surface area contributed by atoms with Crippen molar-refractivity contribution >= 4 is 11.6 Å². The molecule has 0 bridgehead atoms. The second-order valence-corrected chi connectivity index (χ2v) is 6.99. The summed E-state index contributed by atoms with van der Waals surface area (Å²) in [5.41, 5.74) is 2.77. The Kier molecular flexibility index (Phi) is 9.01. The van der Waals surface area contributed by atoms with Gasteiger partial charge >= 0.3 is 0 Å². The number of hydrogen-bond donors (Lipinski definition) is 1. The summed E-state index contributed by atoms with van der Waals surface area (Å²) in [5, 5.41) is 14.4. The fourth-order valence-corrected chi connectivity index (χ4v) is 3.18. The molecule has 0 spiro atoms. The lowest BCUT2D eigenvalue weighted by Crippen LogP contribution is -2.12. The van der Waals surface area contributed by atoms with Gasteiger partial charge in [-0.25, -0.2) is 4.98 Å². The van der Waals surface area contributed by atoms with E-state index in [2.05, 4.69) is 58.2 Å². The van der Waals surface area contributed by atoms with Crippen LogP contribution in [0.1, 0.15) is 24.0 Å². The summed E-state index contributed by atoms with van der Waals surface area (Å²) in [6.07, 6.45) is 10.4.